The van der Waals surface area contributed by atoms with Crippen LogP contribution in [0.2, 0.25) is 5.02 Å². The summed E-state index contributed by atoms with van der Waals surface area (Å²) in [5.41, 5.74) is 7.03. The van der Waals surface area contributed by atoms with Gasteiger partial charge in [0, 0.05) is 25.3 Å². The SMILES string of the molecule is CC(N)Cc1c(Cl)cccc1Sc1cccc(Br)c1. The number of rotatable bonds is 4. The van der Waals surface area contributed by atoms with Crippen LogP contribution in [0.3, 0.4) is 0 Å². The molecule has 19 heavy (non-hydrogen) atoms. The fraction of sp³-hybridized carbons (Fsp3) is 0.200. The third kappa shape index (κ3) is 4.25. The monoisotopic (exact) mass is 355 g/mol. The Hall–Kier alpha value is -0.480. The summed E-state index contributed by atoms with van der Waals surface area (Å²) >= 11 is 11.5. The summed E-state index contributed by atoms with van der Waals surface area (Å²) in [7, 11) is 0. The Kier molecular flexibility index (Phi) is 5.34. The van der Waals surface area contributed by atoms with Crippen molar-refractivity contribution in [3.8, 4) is 0 Å². The van der Waals surface area contributed by atoms with Crippen LogP contribution in [-0.2, 0) is 6.42 Å². The van der Waals surface area contributed by atoms with Crippen LogP contribution >= 0.6 is 39.3 Å². The lowest BCUT2D eigenvalue weighted by Gasteiger charge is -2.13. The van der Waals surface area contributed by atoms with Gasteiger partial charge < -0.3 is 5.73 Å². The van der Waals surface area contributed by atoms with Crippen LogP contribution in [0.1, 0.15) is 12.5 Å². The normalized spacial score (nSPS) is 12.4. The second kappa shape index (κ2) is 6.80. The molecule has 0 aliphatic rings. The number of halogens is 2. The molecule has 0 radical (unpaired) electrons. The fourth-order valence-corrected chi connectivity index (χ4v) is 3.72. The minimum atomic E-state index is 0.0989. The van der Waals surface area contributed by atoms with Crippen molar-refractivity contribution in [1.82, 2.24) is 0 Å². The van der Waals surface area contributed by atoms with Crippen LogP contribution < -0.4 is 5.73 Å². The van der Waals surface area contributed by atoms with Crippen LogP contribution in [0, 0.1) is 0 Å². The number of nitrogens with two attached hydrogens (primary N) is 1. The number of hydrogen-bond donors (Lipinski definition) is 1. The van der Waals surface area contributed by atoms with Crippen molar-refractivity contribution in [1.29, 1.82) is 0 Å². The average Bonchev–Trinajstić information content (AvgIpc) is 2.33. The smallest absolute Gasteiger partial charge is 0.0449 e. The van der Waals surface area contributed by atoms with Gasteiger partial charge in [0.1, 0.15) is 0 Å². The first kappa shape index (κ1) is 14.9. The summed E-state index contributed by atoms with van der Waals surface area (Å²) in [6, 6.07) is 14.3. The molecule has 2 N–H and O–H groups in total. The molecular formula is C15H15BrClNS. The lowest BCUT2D eigenvalue weighted by molar-refractivity contribution is 0.729. The van der Waals surface area contributed by atoms with Gasteiger partial charge in [-0.1, -0.05) is 51.4 Å². The van der Waals surface area contributed by atoms with Crippen molar-refractivity contribution in [2.24, 2.45) is 5.73 Å². The van der Waals surface area contributed by atoms with E-state index in [9.17, 15) is 0 Å². The van der Waals surface area contributed by atoms with Crippen molar-refractivity contribution >= 4 is 39.3 Å². The Bertz CT molecular complexity index is 572. The Morgan fingerprint density at radius 2 is 2.00 bits per heavy atom. The standard InChI is InChI=1S/C15H15BrClNS/c1-10(18)8-13-14(17)6-3-7-15(13)19-12-5-2-4-11(16)9-12/h2-7,9-10H,8,18H2,1H3. The molecule has 1 nitrogen and oxygen atoms in total. The molecular weight excluding hydrogens is 342 g/mol. The summed E-state index contributed by atoms with van der Waals surface area (Å²) in [5, 5.41) is 0.789. The van der Waals surface area contributed by atoms with Crippen molar-refractivity contribution < 1.29 is 0 Å². The Balaban J connectivity index is 2.31. The highest BCUT2D eigenvalue weighted by molar-refractivity contribution is 9.10. The van der Waals surface area contributed by atoms with E-state index in [4.69, 9.17) is 17.3 Å². The zero-order valence-electron chi connectivity index (χ0n) is 10.6. The van der Waals surface area contributed by atoms with Crippen molar-refractivity contribution in [2.75, 3.05) is 0 Å². The zero-order valence-corrected chi connectivity index (χ0v) is 13.7. The van der Waals surface area contributed by atoms with E-state index in [-0.39, 0.29) is 6.04 Å². The molecule has 0 saturated heterocycles. The maximum Gasteiger partial charge on any atom is 0.0449 e. The topological polar surface area (TPSA) is 26.0 Å². The second-order valence-corrected chi connectivity index (χ2v) is 6.90. The Morgan fingerprint density at radius 1 is 1.26 bits per heavy atom. The van der Waals surface area contributed by atoms with E-state index in [1.54, 1.807) is 11.8 Å². The zero-order chi connectivity index (χ0) is 13.8. The first-order valence-corrected chi connectivity index (χ1v) is 8.01. The maximum absolute atomic E-state index is 6.29. The van der Waals surface area contributed by atoms with E-state index in [0.29, 0.717) is 0 Å². The Morgan fingerprint density at radius 3 is 2.68 bits per heavy atom. The minimum absolute atomic E-state index is 0.0989. The van der Waals surface area contributed by atoms with Crippen LogP contribution in [0.25, 0.3) is 0 Å². The summed E-state index contributed by atoms with van der Waals surface area (Å²) in [6.07, 6.45) is 0.788. The second-order valence-electron chi connectivity index (χ2n) is 4.46. The summed E-state index contributed by atoms with van der Waals surface area (Å²) < 4.78 is 1.08. The molecule has 2 aromatic carbocycles. The van der Waals surface area contributed by atoms with Gasteiger partial charge in [-0.05, 0) is 49.2 Å². The molecule has 4 heteroatoms. The van der Waals surface area contributed by atoms with Gasteiger partial charge in [0.2, 0.25) is 0 Å². The quantitative estimate of drug-likeness (QED) is 0.820. The summed E-state index contributed by atoms with van der Waals surface area (Å²) in [6.45, 7) is 2.00. The molecule has 1 unspecified atom stereocenters. The van der Waals surface area contributed by atoms with Crippen molar-refractivity contribution in [2.45, 2.75) is 29.2 Å². The molecule has 2 aromatic rings. The highest BCUT2D eigenvalue weighted by Gasteiger charge is 2.10. The minimum Gasteiger partial charge on any atom is -0.328 e. The van der Waals surface area contributed by atoms with Gasteiger partial charge in [-0.3, -0.25) is 0 Å². The van der Waals surface area contributed by atoms with Crippen LogP contribution in [0.15, 0.2) is 56.7 Å². The molecule has 0 spiro atoms. The van der Waals surface area contributed by atoms with E-state index in [0.717, 1.165) is 21.5 Å². The first-order valence-electron chi connectivity index (χ1n) is 6.02. The van der Waals surface area contributed by atoms with Crippen LogP contribution in [0.5, 0.6) is 0 Å². The van der Waals surface area contributed by atoms with E-state index in [2.05, 4.69) is 34.1 Å². The maximum atomic E-state index is 6.29. The van der Waals surface area contributed by atoms with E-state index >= 15 is 0 Å². The molecule has 0 fully saturated rings. The fourth-order valence-electron chi connectivity index (χ4n) is 1.81. The van der Waals surface area contributed by atoms with Gasteiger partial charge in [-0.25, -0.2) is 0 Å². The molecule has 0 amide bonds. The summed E-state index contributed by atoms with van der Waals surface area (Å²) in [5.74, 6) is 0. The molecule has 0 aromatic heterocycles. The number of hydrogen-bond acceptors (Lipinski definition) is 2. The van der Waals surface area contributed by atoms with Crippen LogP contribution in [-0.4, -0.2) is 6.04 Å². The average molecular weight is 357 g/mol. The van der Waals surface area contributed by atoms with E-state index < -0.39 is 0 Å². The van der Waals surface area contributed by atoms with Gasteiger partial charge in [-0.15, -0.1) is 0 Å². The molecule has 0 aliphatic heterocycles. The van der Waals surface area contributed by atoms with Gasteiger partial charge >= 0.3 is 0 Å². The summed E-state index contributed by atoms with van der Waals surface area (Å²) in [4.78, 5) is 2.35. The van der Waals surface area contributed by atoms with E-state index in [1.807, 2.05) is 31.2 Å². The lowest BCUT2D eigenvalue weighted by Crippen LogP contribution is -2.18. The predicted molar refractivity (Wildman–Crippen MR) is 87.1 cm³/mol. The Labute approximate surface area is 131 Å². The number of benzene rings is 2. The molecule has 0 saturated carbocycles. The molecule has 0 bridgehead atoms. The lowest BCUT2D eigenvalue weighted by atomic mass is 10.1. The van der Waals surface area contributed by atoms with Gasteiger partial charge in [0.05, 0.1) is 0 Å². The molecule has 0 heterocycles. The molecule has 2 rings (SSSR count). The highest BCUT2D eigenvalue weighted by atomic mass is 79.9. The van der Waals surface area contributed by atoms with Gasteiger partial charge in [-0.2, -0.15) is 0 Å². The molecule has 1 atom stereocenters. The largest absolute Gasteiger partial charge is 0.328 e. The molecule has 100 valence electrons. The predicted octanol–water partition coefficient (Wildman–Crippen LogP) is 5.14. The van der Waals surface area contributed by atoms with E-state index in [1.165, 1.54) is 9.79 Å². The first-order chi connectivity index (χ1) is 9.06. The molecule has 0 aliphatic carbocycles. The van der Waals surface area contributed by atoms with Crippen LogP contribution in [0.4, 0.5) is 0 Å². The van der Waals surface area contributed by atoms with Gasteiger partial charge in [0.15, 0.2) is 0 Å². The third-order valence-corrected chi connectivity index (χ3v) is 4.57. The van der Waals surface area contributed by atoms with Gasteiger partial charge in [0.25, 0.3) is 0 Å². The third-order valence-electron chi connectivity index (χ3n) is 2.63. The van der Waals surface area contributed by atoms with Crippen molar-refractivity contribution in [3.05, 3.63) is 57.5 Å². The highest BCUT2D eigenvalue weighted by Crippen LogP contribution is 2.35. The van der Waals surface area contributed by atoms with Crippen molar-refractivity contribution in [3.63, 3.8) is 0 Å².